The van der Waals surface area contributed by atoms with E-state index < -0.39 is 0 Å². The van der Waals surface area contributed by atoms with Crippen molar-refractivity contribution in [3.8, 4) is 5.75 Å². The molecule has 2 aromatic carbocycles. The molecule has 5 nitrogen and oxygen atoms in total. The van der Waals surface area contributed by atoms with Crippen molar-refractivity contribution in [2.75, 3.05) is 31.6 Å². The Morgan fingerprint density at radius 1 is 1.16 bits per heavy atom. The van der Waals surface area contributed by atoms with E-state index >= 15 is 0 Å². The largest absolute Gasteiger partial charge is 0.508 e. The molecule has 1 amide bonds. The fourth-order valence-electron chi connectivity index (χ4n) is 2.97. The number of hydrogen-bond donors (Lipinski definition) is 2. The number of ether oxygens (including phenoxy) is 1. The first-order chi connectivity index (χ1) is 12.1. The van der Waals surface area contributed by atoms with Crippen LogP contribution in [-0.4, -0.2) is 42.2 Å². The molecule has 2 aromatic rings. The van der Waals surface area contributed by atoms with Crippen molar-refractivity contribution in [2.24, 2.45) is 0 Å². The molecule has 1 fully saturated rings. The molecule has 0 spiro atoms. The molecule has 0 bridgehead atoms. The molecular weight excluding hydrogens is 316 g/mol. The number of phenolic OH excluding ortho intramolecular Hbond substituents is 1. The zero-order valence-corrected chi connectivity index (χ0v) is 14.5. The van der Waals surface area contributed by atoms with Gasteiger partial charge in [-0.05, 0) is 41.8 Å². The number of morpholine rings is 1. The van der Waals surface area contributed by atoms with Gasteiger partial charge in [-0.15, -0.1) is 0 Å². The molecule has 1 aliphatic heterocycles. The normalized spacial score (nSPS) is 15.1. The molecule has 1 saturated heterocycles. The number of nitrogens with zero attached hydrogens (tertiary/aromatic N) is 1. The summed E-state index contributed by atoms with van der Waals surface area (Å²) in [6, 6.07) is 13.0. The van der Waals surface area contributed by atoms with Crippen LogP contribution >= 0.6 is 0 Å². The van der Waals surface area contributed by atoms with E-state index in [1.807, 2.05) is 25.1 Å². The predicted molar refractivity (Wildman–Crippen MR) is 97.7 cm³/mol. The fourth-order valence-corrected chi connectivity index (χ4v) is 2.97. The number of carbonyl (C=O) groups is 1. The maximum absolute atomic E-state index is 12.3. The molecule has 5 heteroatoms. The van der Waals surface area contributed by atoms with Gasteiger partial charge >= 0.3 is 0 Å². The topological polar surface area (TPSA) is 61.8 Å². The van der Waals surface area contributed by atoms with E-state index in [0.29, 0.717) is 0 Å². The predicted octanol–water partition coefficient (Wildman–Crippen LogP) is 2.71. The van der Waals surface area contributed by atoms with E-state index in [9.17, 15) is 9.90 Å². The second-order valence-electron chi connectivity index (χ2n) is 6.43. The molecule has 0 unspecified atom stereocenters. The number of hydrogen-bond acceptors (Lipinski definition) is 4. The minimum atomic E-state index is -0.0859. The molecule has 132 valence electrons. The number of nitrogens with one attached hydrogen (secondary N) is 1. The monoisotopic (exact) mass is 340 g/mol. The van der Waals surface area contributed by atoms with Crippen LogP contribution in [0.1, 0.15) is 16.7 Å². The van der Waals surface area contributed by atoms with Crippen LogP contribution in [0.15, 0.2) is 42.5 Å². The highest BCUT2D eigenvalue weighted by Gasteiger charge is 2.12. The van der Waals surface area contributed by atoms with Crippen LogP contribution in [0, 0.1) is 6.92 Å². The summed E-state index contributed by atoms with van der Waals surface area (Å²) in [5.74, 6) is 0.0891. The molecule has 3 rings (SSSR count). The lowest BCUT2D eigenvalue weighted by Crippen LogP contribution is -2.35. The summed E-state index contributed by atoms with van der Waals surface area (Å²) in [6.07, 6.45) is 0.238. The molecule has 0 aliphatic carbocycles. The van der Waals surface area contributed by atoms with Gasteiger partial charge in [0.2, 0.25) is 5.91 Å². The van der Waals surface area contributed by atoms with E-state index in [0.717, 1.165) is 49.7 Å². The lowest BCUT2D eigenvalue weighted by Gasteiger charge is -2.26. The summed E-state index contributed by atoms with van der Waals surface area (Å²) in [4.78, 5) is 14.7. The van der Waals surface area contributed by atoms with Gasteiger partial charge in [-0.3, -0.25) is 9.69 Å². The summed E-state index contributed by atoms with van der Waals surface area (Å²) >= 11 is 0. The Balaban J connectivity index is 1.64. The molecule has 1 aliphatic rings. The number of rotatable bonds is 5. The second kappa shape index (κ2) is 8.14. The van der Waals surface area contributed by atoms with Crippen LogP contribution < -0.4 is 5.32 Å². The maximum Gasteiger partial charge on any atom is 0.228 e. The van der Waals surface area contributed by atoms with Crippen molar-refractivity contribution in [1.82, 2.24) is 4.90 Å². The van der Waals surface area contributed by atoms with Crippen molar-refractivity contribution < 1.29 is 14.6 Å². The molecule has 0 radical (unpaired) electrons. The molecule has 0 saturated carbocycles. The number of amides is 1. The van der Waals surface area contributed by atoms with Crippen LogP contribution in [0.2, 0.25) is 0 Å². The van der Waals surface area contributed by atoms with Crippen LogP contribution in [0.25, 0.3) is 0 Å². The lowest BCUT2D eigenvalue weighted by molar-refractivity contribution is -0.115. The summed E-state index contributed by atoms with van der Waals surface area (Å²) < 4.78 is 5.38. The number of carbonyl (C=O) groups excluding carboxylic acids is 1. The van der Waals surface area contributed by atoms with E-state index in [-0.39, 0.29) is 18.1 Å². The van der Waals surface area contributed by atoms with Gasteiger partial charge in [0.25, 0.3) is 0 Å². The molecule has 0 aromatic heterocycles. The van der Waals surface area contributed by atoms with Crippen LogP contribution in [-0.2, 0) is 22.5 Å². The number of anilines is 1. The Kier molecular flexibility index (Phi) is 5.68. The second-order valence-corrected chi connectivity index (χ2v) is 6.43. The highest BCUT2D eigenvalue weighted by atomic mass is 16.5. The molecule has 2 N–H and O–H groups in total. The van der Waals surface area contributed by atoms with E-state index in [1.165, 1.54) is 5.56 Å². The van der Waals surface area contributed by atoms with Crippen molar-refractivity contribution in [3.63, 3.8) is 0 Å². The Morgan fingerprint density at radius 3 is 2.72 bits per heavy atom. The third-order valence-corrected chi connectivity index (χ3v) is 4.36. The summed E-state index contributed by atoms with van der Waals surface area (Å²) in [5.41, 5.74) is 3.85. The lowest BCUT2D eigenvalue weighted by atomic mass is 10.1. The van der Waals surface area contributed by atoms with E-state index in [2.05, 4.69) is 16.3 Å². The van der Waals surface area contributed by atoms with Crippen molar-refractivity contribution in [1.29, 1.82) is 0 Å². The average Bonchev–Trinajstić information content (AvgIpc) is 2.59. The molecule has 1 heterocycles. The van der Waals surface area contributed by atoms with Crippen LogP contribution in [0.5, 0.6) is 5.75 Å². The van der Waals surface area contributed by atoms with Gasteiger partial charge in [0, 0.05) is 25.3 Å². The van der Waals surface area contributed by atoms with Crippen molar-refractivity contribution >= 4 is 11.6 Å². The smallest absolute Gasteiger partial charge is 0.228 e. The number of benzene rings is 2. The molecular formula is C20H24N2O3. The first kappa shape index (κ1) is 17.5. The third-order valence-electron chi connectivity index (χ3n) is 4.36. The fraction of sp³-hybridized carbons (Fsp3) is 0.350. The highest BCUT2D eigenvalue weighted by Crippen LogP contribution is 2.19. The van der Waals surface area contributed by atoms with Crippen LogP contribution in [0.4, 0.5) is 5.69 Å². The maximum atomic E-state index is 12.3. The van der Waals surface area contributed by atoms with Gasteiger partial charge in [0.05, 0.1) is 19.6 Å². The third kappa shape index (κ3) is 5.05. The average molecular weight is 340 g/mol. The minimum absolute atomic E-state index is 0.0859. The highest BCUT2D eigenvalue weighted by molar-refractivity contribution is 5.93. The van der Waals surface area contributed by atoms with Crippen molar-refractivity contribution in [3.05, 3.63) is 59.2 Å². The van der Waals surface area contributed by atoms with Crippen molar-refractivity contribution in [2.45, 2.75) is 19.9 Å². The first-order valence-electron chi connectivity index (χ1n) is 8.57. The Morgan fingerprint density at radius 2 is 1.96 bits per heavy atom. The van der Waals surface area contributed by atoms with Gasteiger partial charge in [-0.1, -0.05) is 24.3 Å². The summed E-state index contributed by atoms with van der Waals surface area (Å²) in [7, 11) is 0. The summed E-state index contributed by atoms with van der Waals surface area (Å²) in [6.45, 7) is 6.28. The SMILES string of the molecule is Cc1ccc(CN2CCOCC2)cc1NC(=O)Cc1cccc(O)c1. The summed E-state index contributed by atoms with van der Waals surface area (Å²) in [5, 5.41) is 12.5. The minimum Gasteiger partial charge on any atom is -0.508 e. The molecule has 0 atom stereocenters. The van der Waals surface area contributed by atoms with Gasteiger partial charge in [-0.2, -0.15) is 0 Å². The zero-order chi connectivity index (χ0) is 17.6. The Hall–Kier alpha value is -2.37. The molecule has 25 heavy (non-hydrogen) atoms. The quantitative estimate of drug-likeness (QED) is 0.878. The van der Waals surface area contributed by atoms with Gasteiger partial charge in [0.1, 0.15) is 5.75 Å². The Labute approximate surface area is 148 Å². The van der Waals surface area contributed by atoms with E-state index in [4.69, 9.17) is 4.74 Å². The standard InChI is InChI=1S/C20H24N2O3/c1-15-5-6-17(14-22-7-9-25-10-8-22)12-19(15)21-20(24)13-16-3-2-4-18(23)11-16/h2-6,11-12,23H,7-10,13-14H2,1H3,(H,21,24). The van der Waals surface area contributed by atoms with Crippen LogP contribution in [0.3, 0.4) is 0 Å². The number of aryl methyl sites for hydroxylation is 1. The van der Waals surface area contributed by atoms with Gasteiger partial charge in [-0.25, -0.2) is 0 Å². The number of aromatic hydroxyl groups is 1. The Bertz CT molecular complexity index is 739. The first-order valence-corrected chi connectivity index (χ1v) is 8.57. The zero-order valence-electron chi connectivity index (χ0n) is 14.5. The van der Waals surface area contributed by atoms with Gasteiger partial charge < -0.3 is 15.2 Å². The van der Waals surface area contributed by atoms with Gasteiger partial charge in [0.15, 0.2) is 0 Å². The van der Waals surface area contributed by atoms with E-state index in [1.54, 1.807) is 18.2 Å². The number of phenols is 1.